The molecule has 1 unspecified atom stereocenters. The molecular formula is C29H15ClF7N5O2. The van der Waals surface area contributed by atoms with Crippen LogP contribution < -0.4 is 10.6 Å². The lowest BCUT2D eigenvalue weighted by molar-refractivity contribution is -0.137. The molecule has 0 aliphatic carbocycles. The summed E-state index contributed by atoms with van der Waals surface area (Å²) in [5, 5.41) is 8.91. The van der Waals surface area contributed by atoms with Crippen LogP contribution in [0.3, 0.4) is 0 Å². The molecule has 1 aliphatic heterocycles. The summed E-state index contributed by atoms with van der Waals surface area (Å²) in [5.74, 6) is -4.51. The third-order valence-electron chi connectivity index (χ3n) is 6.87. The molecule has 0 radical (unpaired) electrons. The fraction of sp³-hybridized carbons (Fsp3) is 0.103. The van der Waals surface area contributed by atoms with Gasteiger partial charge in [-0.2, -0.15) is 13.2 Å². The number of nitrogens with zero attached hydrogens (tertiary/aromatic N) is 3. The maximum atomic E-state index is 14.2. The molecule has 224 valence electrons. The fourth-order valence-corrected chi connectivity index (χ4v) is 5.14. The average Bonchev–Trinajstić information content (AvgIpc) is 3.54. The van der Waals surface area contributed by atoms with Crippen LogP contribution in [-0.4, -0.2) is 26.4 Å². The highest BCUT2D eigenvalue weighted by Gasteiger charge is 2.36. The topological polar surface area (TPSA) is 88.4 Å². The monoisotopic (exact) mass is 633 g/mol. The van der Waals surface area contributed by atoms with Crippen LogP contribution in [0.15, 0.2) is 66.9 Å². The minimum Gasteiger partial charge on any atom is -0.341 e. The second-order valence-electron chi connectivity index (χ2n) is 9.73. The third-order valence-corrected chi connectivity index (χ3v) is 7.21. The summed E-state index contributed by atoms with van der Waals surface area (Å²) in [5.41, 5.74) is -1.27. The van der Waals surface area contributed by atoms with Gasteiger partial charge in [0.1, 0.15) is 11.6 Å². The van der Waals surface area contributed by atoms with Crippen molar-refractivity contribution in [3.63, 3.8) is 0 Å². The number of halogens is 8. The van der Waals surface area contributed by atoms with Gasteiger partial charge >= 0.3 is 6.18 Å². The second-order valence-corrected chi connectivity index (χ2v) is 10.1. The number of amides is 2. The quantitative estimate of drug-likeness (QED) is 0.198. The number of fused-ring (bicyclic) bond motifs is 2. The highest BCUT2D eigenvalue weighted by molar-refractivity contribution is 6.31. The van der Waals surface area contributed by atoms with Crippen LogP contribution in [0.2, 0.25) is 5.02 Å². The van der Waals surface area contributed by atoms with E-state index in [1.807, 2.05) is 0 Å². The van der Waals surface area contributed by atoms with Gasteiger partial charge in [-0.3, -0.25) is 9.59 Å². The predicted octanol–water partition coefficient (Wildman–Crippen LogP) is 7.37. The molecule has 1 aliphatic rings. The summed E-state index contributed by atoms with van der Waals surface area (Å²) < 4.78 is 95.7. The Morgan fingerprint density at radius 1 is 0.977 bits per heavy atom. The van der Waals surface area contributed by atoms with Crippen LogP contribution in [0, 0.1) is 11.6 Å². The number of carbonyl (C=O) groups excluding carboxylic acids is 2. The van der Waals surface area contributed by atoms with E-state index in [1.54, 1.807) is 0 Å². The number of nitrogens with one attached hydrogen (secondary N) is 2. The summed E-state index contributed by atoms with van der Waals surface area (Å²) in [4.78, 5) is 30.2. The zero-order chi connectivity index (χ0) is 31.5. The van der Waals surface area contributed by atoms with Crippen LogP contribution in [-0.2, 0) is 6.18 Å². The van der Waals surface area contributed by atoms with E-state index < -0.39 is 59.0 Å². The van der Waals surface area contributed by atoms with Gasteiger partial charge < -0.3 is 10.6 Å². The molecule has 0 bridgehead atoms. The Labute approximate surface area is 247 Å². The number of hydrogen-bond donors (Lipinski definition) is 2. The Morgan fingerprint density at radius 3 is 2.48 bits per heavy atom. The van der Waals surface area contributed by atoms with E-state index in [1.165, 1.54) is 36.5 Å². The minimum absolute atomic E-state index is 0.00897. The van der Waals surface area contributed by atoms with Gasteiger partial charge in [-0.25, -0.2) is 27.1 Å². The normalized spacial score (nSPS) is 14.7. The van der Waals surface area contributed by atoms with Gasteiger partial charge in [0.05, 0.1) is 11.6 Å². The van der Waals surface area contributed by atoms with Crippen molar-refractivity contribution in [2.75, 3.05) is 5.32 Å². The van der Waals surface area contributed by atoms with Crippen molar-refractivity contribution in [3.8, 4) is 11.1 Å². The van der Waals surface area contributed by atoms with Gasteiger partial charge in [0.25, 0.3) is 18.2 Å². The molecule has 0 saturated heterocycles. The van der Waals surface area contributed by atoms with Gasteiger partial charge in [-0.05, 0) is 66.2 Å². The molecule has 5 aromatic rings. The van der Waals surface area contributed by atoms with Crippen molar-refractivity contribution >= 4 is 34.7 Å². The molecular weight excluding hydrogens is 619 g/mol. The third kappa shape index (κ3) is 5.32. The summed E-state index contributed by atoms with van der Waals surface area (Å²) >= 11 is 6.31. The number of anilines is 1. The first-order chi connectivity index (χ1) is 20.8. The molecule has 0 fully saturated rings. The Kier molecular flexibility index (Phi) is 7.03. The summed E-state index contributed by atoms with van der Waals surface area (Å²) in [6, 6.07) is 9.30. The maximum absolute atomic E-state index is 14.2. The van der Waals surface area contributed by atoms with Crippen LogP contribution in [0.25, 0.3) is 16.8 Å². The molecule has 2 N–H and O–H groups in total. The lowest BCUT2D eigenvalue weighted by Crippen LogP contribution is -2.21. The Balaban J connectivity index is 1.50. The molecule has 1 atom stereocenters. The largest absolute Gasteiger partial charge is 0.416 e. The van der Waals surface area contributed by atoms with E-state index in [-0.39, 0.29) is 44.7 Å². The fourth-order valence-electron chi connectivity index (χ4n) is 4.91. The van der Waals surface area contributed by atoms with E-state index in [0.717, 1.165) is 16.6 Å². The molecule has 6 rings (SSSR count). The number of rotatable bonds is 5. The molecule has 2 aromatic heterocycles. The lowest BCUT2D eigenvalue weighted by atomic mass is 9.93. The van der Waals surface area contributed by atoms with E-state index >= 15 is 0 Å². The lowest BCUT2D eigenvalue weighted by Gasteiger charge is -2.19. The van der Waals surface area contributed by atoms with Crippen molar-refractivity contribution in [2.24, 2.45) is 0 Å². The summed E-state index contributed by atoms with van der Waals surface area (Å²) in [6.07, 6.45) is -6.54. The number of alkyl halides is 5. The SMILES string of the molecule is O=C(Nc1cc(-c2ccc3nc(C(F)F)nn3c2)cc2c1C(c1cc(F)ccc1Cl)NC2=O)c1cc(F)cc(C(F)(F)F)c1. The standard InChI is InChI=1S/C29H15ClF7N5O2/c30-20-3-2-16(31)10-18(20)24-23-19(28(44)40-24)7-13(12-1-4-22-39-26(25(33)34)41-42(22)11-12)8-21(23)38-27(43)14-5-15(29(35,36)37)9-17(32)6-14/h1-11,24-25H,(H,38,43)(H,40,44). The summed E-state index contributed by atoms with van der Waals surface area (Å²) in [6.45, 7) is 0. The van der Waals surface area contributed by atoms with Crippen molar-refractivity contribution in [2.45, 2.75) is 18.6 Å². The van der Waals surface area contributed by atoms with Gasteiger partial charge in [0.15, 0.2) is 5.65 Å². The zero-order valence-corrected chi connectivity index (χ0v) is 22.4. The Hall–Kier alpha value is -4.98. The molecule has 2 amide bonds. The first-order valence-electron chi connectivity index (χ1n) is 12.6. The smallest absolute Gasteiger partial charge is 0.341 e. The van der Waals surface area contributed by atoms with Gasteiger partial charge in [-0.1, -0.05) is 11.6 Å². The molecule has 0 saturated carbocycles. The van der Waals surface area contributed by atoms with Crippen LogP contribution in [0.4, 0.5) is 36.4 Å². The van der Waals surface area contributed by atoms with E-state index in [9.17, 15) is 40.3 Å². The average molecular weight is 634 g/mol. The number of aromatic nitrogens is 3. The summed E-state index contributed by atoms with van der Waals surface area (Å²) in [7, 11) is 0. The van der Waals surface area contributed by atoms with Crippen LogP contribution >= 0.6 is 11.6 Å². The molecule has 15 heteroatoms. The number of hydrogen-bond acceptors (Lipinski definition) is 4. The van der Waals surface area contributed by atoms with Gasteiger partial charge in [0.2, 0.25) is 5.82 Å². The number of benzene rings is 3. The first kappa shape index (κ1) is 29.1. The Morgan fingerprint density at radius 2 is 1.75 bits per heavy atom. The second kappa shape index (κ2) is 10.6. The van der Waals surface area contributed by atoms with Crippen LogP contribution in [0.1, 0.15) is 55.7 Å². The van der Waals surface area contributed by atoms with Gasteiger partial charge in [-0.15, -0.1) is 5.10 Å². The molecule has 7 nitrogen and oxygen atoms in total. The van der Waals surface area contributed by atoms with Crippen LogP contribution in [0.5, 0.6) is 0 Å². The maximum Gasteiger partial charge on any atom is 0.416 e. The van der Waals surface area contributed by atoms with E-state index in [0.29, 0.717) is 17.7 Å². The predicted molar refractivity (Wildman–Crippen MR) is 143 cm³/mol. The van der Waals surface area contributed by atoms with Crippen molar-refractivity contribution in [1.82, 2.24) is 19.9 Å². The highest BCUT2D eigenvalue weighted by atomic mass is 35.5. The highest BCUT2D eigenvalue weighted by Crippen LogP contribution is 2.42. The first-order valence-corrected chi connectivity index (χ1v) is 12.9. The van der Waals surface area contributed by atoms with Gasteiger partial charge in [0, 0.05) is 44.7 Å². The van der Waals surface area contributed by atoms with Crippen molar-refractivity contribution in [3.05, 3.63) is 117 Å². The van der Waals surface area contributed by atoms with E-state index in [2.05, 4.69) is 20.7 Å². The zero-order valence-electron chi connectivity index (χ0n) is 21.7. The number of pyridine rings is 1. The van der Waals surface area contributed by atoms with Crippen molar-refractivity contribution in [1.29, 1.82) is 0 Å². The molecule has 0 spiro atoms. The molecule has 3 aromatic carbocycles. The Bertz CT molecular complexity index is 1990. The molecule has 3 heterocycles. The molecule has 44 heavy (non-hydrogen) atoms. The van der Waals surface area contributed by atoms with E-state index in [4.69, 9.17) is 11.6 Å². The number of carbonyl (C=O) groups is 2. The minimum atomic E-state index is -4.95. The van der Waals surface area contributed by atoms with Crippen molar-refractivity contribution < 1.29 is 40.3 Å².